The van der Waals surface area contributed by atoms with E-state index in [2.05, 4.69) is 10.6 Å². The van der Waals surface area contributed by atoms with Gasteiger partial charge in [0, 0.05) is 25.8 Å². The Morgan fingerprint density at radius 3 is 2.21 bits per heavy atom. The lowest BCUT2D eigenvalue weighted by Crippen LogP contribution is -2.58. The van der Waals surface area contributed by atoms with Crippen LogP contribution in [0.4, 0.5) is 0 Å². The molecule has 1 heterocycles. The third-order valence-electron chi connectivity index (χ3n) is 6.77. The molecule has 1 aromatic rings. The maximum absolute atomic E-state index is 13.6. The highest BCUT2D eigenvalue weighted by atomic mass is 16.4. The molecule has 214 valence electrons. The molecule has 39 heavy (non-hydrogen) atoms. The fourth-order valence-corrected chi connectivity index (χ4v) is 4.56. The molecule has 0 aromatic heterocycles. The zero-order chi connectivity index (χ0) is 29.2. The predicted octanol–water partition coefficient (Wildman–Crippen LogP) is 1.63. The van der Waals surface area contributed by atoms with E-state index in [9.17, 15) is 29.4 Å². The minimum atomic E-state index is -0.990. The number of benzene rings is 1. The largest absolute Gasteiger partial charge is 0.481 e. The first kappa shape index (κ1) is 31.7. The summed E-state index contributed by atoms with van der Waals surface area (Å²) in [5.41, 5.74) is 0.341. The minimum absolute atomic E-state index is 0.0181. The van der Waals surface area contributed by atoms with Gasteiger partial charge in [-0.25, -0.2) is 0 Å². The molecule has 1 fully saturated rings. The molecule has 4 atom stereocenters. The number of aliphatic hydroxyl groups is 2. The zero-order valence-corrected chi connectivity index (χ0v) is 22.9. The molecule has 1 saturated heterocycles. The molecular formula is C28H40N4O7. The van der Waals surface area contributed by atoms with Gasteiger partial charge in [-0.3, -0.25) is 19.2 Å². The standard InChI is InChI=1S/C28H40N4O7/c1-28(2,3)25(31-23(35)8-6-4-5-7-9-24(36)37)27(39)32-16-20(34)14-22(32)26(38)30-21(17-33)19-12-10-18(15-29)11-13-19/h10-13,20-22,25,33-34H,4-9,14,16-17H2,1-3H3,(H,30,38)(H,31,35)(H,36,37)/t20-,21+,22+,25-/m1/s1. The lowest BCUT2D eigenvalue weighted by molar-refractivity contribution is -0.144. The van der Waals surface area contributed by atoms with E-state index in [1.165, 1.54) is 4.90 Å². The van der Waals surface area contributed by atoms with Gasteiger partial charge < -0.3 is 30.9 Å². The Bertz CT molecular complexity index is 1050. The number of unbranched alkanes of at least 4 members (excludes halogenated alkanes) is 3. The molecule has 1 aliphatic rings. The van der Waals surface area contributed by atoms with Gasteiger partial charge in [0.25, 0.3) is 0 Å². The van der Waals surface area contributed by atoms with Crippen molar-refractivity contribution >= 4 is 23.7 Å². The van der Waals surface area contributed by atoms with Crippen LogP contribution in [0.25, 0.3) is 0 Å². The number of carbonyl (C=O) groups excluding carboxylic acids is 3. The number of likely N-dealkylation sites (tertiary alicyclic amines) is 1. The van der Waals surface area contributed by atoms with Crippen LogP contribution in [0.2, 0.25) is 0 Å². The number of hydrogen-bond acceptors (Lipinski definition) is 7. The van der Waals surface area contributed by atoms with Crippen molar-refractivity contribution in [2.24, 2.45) is 5.41 Å². The molecule has 0 bridgehead atoms. The van der Waals surface area contributed by atoms with Gasteiger partial charge in [-0.1, -0.05) is 45.7 Å². The molecule has 1 aliphatic heterocycles. The average molecular weight is 545 g/mol. The van der Waals surface area contributed by atoms with Crippen LogP contribution in [-0.4, -0.2) is 75.2 Å². The maximum atomic E-state index is 13.6. The number of nitrogens with one attached hydrogen (secondary N) is 2. The van der Waals surface area contributed by atoms with Crippen LogP contribution < -0.4 is 10.6 Å². The van der Waals surface area contributed by atoms with Gasteiger partial charge in [-0.2, -0.15) is 5.26 Å². The number of rotatable bonds is 13. The highest BCUT2D eigenvalue weighted by Gasteiger charge is 2.44. The second-order valence-corrected chi connectivity index (χ2v) is 11.0. The van der Waals surface area contributed by atoms with Gasteiger partial charge in [0.05, 0.1) is 30.4 Å². The van der Waals surface area contributed by atoms with Crippen molar-refractivity contribution in [2.45, 2.75) is 89.9 Å². The number of aliphatic hydroxyl groups excluding tert-OH is 2. The SMILES string of the molecule is CC(C)(C)[C@H](NC(=O)CCCCCCC(=O)O)C(=O)N1C[C@H](O)C[C@H]1C(=O)N[C@@H](CO)c1ccc(C#N)cc1. The van der Waals surface area contributed by atoms with Crippen LogP contribution in [0.15, 0.2) is 24.3 Å². The first-order valence-electron chi connectivity index (χ1n) is 13.3. The Hall–Kier alpha value is -3.49. The summed E-state index contributed by atoms with van der Waals surface area (Å²) in [7, 11) is 0. The van der Waals surface area contributed by atoms with E-state index in [1.54, 1.807) is 45.0 Å². The van der Waals surface area contributed by atoms with Crippen molar-refractivity contribution in [1.29, 1.82) is 5.26 Å². The topological polar surface area (TPSA) is 180 Å². The highest BCUT2D eigenvalue weighted by Crippen LogP contribution is 2.27. The maximum Gasteiger partial charge on any atom is 0.303 e. The second kappa shape index (κ2) is 14.6. The number of nitriles is 1. The van der Waals surface area contributed by atoms with Crippen molar-refractivity contribution < 1.29 is 34.5 Å². The number of β-amino-alcohol motifs (C(OH)–C–C–N with tert-alkyl or cyclic N) is 1. The molecule has 1 aromatic carbocycles. The molecule has 2 rings (SSSR count). The van der Waals surface area contributed by atoms with Gasteiger partial charge in [0.15, 0.2) is 0 Å². The van der Waals surface area contributed by atoms with Gasteiger partial charge in [-0.15, -0.1) is 0 Å². The number of carbonyl (C=O) groups is 4. The molecule has 3 amide bonds. The van der Waals surface area contributed by atoms with E-state index in [-0.39, 0.29) is 31.7 Å². The zero-order valence-electron chi connectivity index (χ0n) is 22.9. The van der Waals surface area contributed by atoms with Crippen LogP contribution in [0.3, 0.4) is 0 Å². The smallest absolute Gasteiger partial charge is 0.303 e. The second-order valence-electron chi connectivity index (χ2n) is 11.0. The first-order valence-corrected chi connectivity index (χ1v) is 13.3. The van der Waals surface area contributed by atoms with Crippen molar-refractivity contribution in [3.63, 3.8) is 0 Å². The molecule has 0 aliphatic carbocycles. The summed E-state index contributed by atoms with van der Waals surface area (Å²) in [5.74, 6) is -2.18. The van der Waals surface area contributed by atoms with E-state index < -0.39 is 54.0 Å². The van der Waals surface area contributed by atoms with Gasteiger partial charge in [0.1, 0.15) is 12.1 Å². The van der Waals surface area contributed by atoms with E-state index in [1.807, 2.05) is 6.07 Å². The molecule has 0 unspecified atom stereocenters. The van der Waals surface area contributed by atoms with E-state index >= 15 is 0 Å². The Balaban J connectivity index is 2.06. The number of carboxylic acids is 1. The predicted molar refractivity (Wildman–Crippen MR) is 142 cm³/mol. The molecule has 0 radical (unpaired) electrons. The fourth-order valence-electron chi connectivity index (χ4n) is 4.56. The van der Waals surface area contributed by atoms with E-state index in [0.717, 1.165) is 0 Å². The summed E-state index contributed by atoms with van der Waals surface area (Å²) in [6.07, 6.45) is 1.86. The molecule has 0 spiro atoms. The van der Waals surface area contributed by atoms with Gasteiger partial charge >= 0.3 is 5.97 Å². The normalized spacial score (nSPS) is 18.6. The fraction of sp³-hybridized carbons (Fsp3) is 0.607. The van der Waals surface area contributed by atoms with Gasteiger partial charge in [-0.05, 0) is 36.0 Å². The van der Waals surface area contributed by atoms with Crippen molar-refractivity contribution in [3.8, 4) is 6.07 Å². The average Bonchev–Trinajstić information content (AvgIpc) is 3.28. The van der Waals surface area contributed by atoms with Crippen LogP contribution in [0, 0.1) is 16.7 Å². The Kier molecular flexibility index (Phi) is 11.9. The summed E-state index contributed by atoms with van der Waals surface area (Å²) < 4.78 is 0. The number of nitrogens with zero attached hydrogens (tertiary/aromatic N) is 2. The van der Waals surface area contributed by atoms with Crippen LogP contribution >= 0.6 is 0 Å². The number of hydrogen-bond donors (Lipinski definition) is 5. The summed E-state index contributed by atoms with van der Waals surface area (Å²) >= 11 is 0. The molecule has 11 nitrogen and oxygen atoms in total. The first-order chi connectivity index (χ1) is 18.4. The molecular weight excluding hydrogens is 504 g/mol. The van der Waals surface area contributed by atoms with E-state index in [4.69, 9.17) is 10.4 Å². The number of carboxylic acid groups (broad SMARTS) is 1. The number of amides is 3. The third kappa shape index (κ3) is 9.64. The monoisotopic (exact) mass is 544 g/mol. The van der Waals surface area contributed by atoms with Crippen LogP contribution in [0.5, 0.6) is 0 Å². The lowest BCUT2D eigenvalue weighted by atomic mass is 9.85. The Labute approximate surface area is 229 Å². The lowest BCUT2D eigenvalue weighted by Gasteiger charge is -2.35. The quantitative estimate of drug-likeness (QED) is 0.232. The molecule has 5 N–H and O–H groups in total. The summed E-state index contributed by atoms with van der Waals surface area (Å²) in [4.78, 5) is 51.4. The minimum Gasteiger partial charge on any atom is -0.481 e. The summed E-state index contributed by atoms with van der Waals surface area (Å²) in [5, 5.41) is 43.5. The van der Waals surface area contributed by atoms with E-state index in [0.29, 0.717) is 36.8 Å². The van der Waals surface area contributed by atoms with Gasteiger partial charge in [0.2, 0.25) is 17.7 Å². The summed E-state index contributed by atoms with van der Waals surface area (Å²) in [6, 6.07) is 5.72. The third-order valence-corrected chi connectivity index (χ3v) is 6.77. The Morgan fingerprint density at radius 1 is 1.05 bits per heavy atom. The highest BCUT2D eigenvalue weighted by molar-refractivity contribution is 5.93. The van der Waals surface area contributed by atoms with Crippen molar-refractivity contribution in [2.75, 3.05) is 13.2 Å². The number of aliphatic carboxylic acids is 1. The molecule has 11 heteroatoms. The van der Waals surface area contributed by atoms with Crippen molar-refractivity contribution in [1.82, 2.24) is 15.5 Å². The van der Waals surface area contributed by atoms with Crippen LogP contribution in [-0.2, 0) is 19.2 Å². The summed E-state index contributed by atoms with van der Waals surface area (Å²) in [6.45, 7) is 4.93. The van der Waals surface area contributed by atoms with Crippen molar-refractivity contribution in [3.05, 3.63) is 35.4 Å². The molecule has 0 saturated carbocycles. The Morgan fingerprint density at radius 2 is 1.67 bits per heavy atom. The van der Waals surface area contributed by atoms with Crippen LogP contribution in [0.1, 0.15) is 82.9 Å².